The number of urea groups is 1. The predicted octanol–water partition coefficient (Wildman–Crippen LogP) is -2.44. The molecule has 2 aliphatic rings. The van der Waals surface area contributed by atoms with Crippen LogP contribution in [0.3, 0.4) is 0 Å². The van der Waals surface area contributed by atoms with E-state index in [0.717, 1.165) is 12.2 Å². The van der Waals surface area contributed by atoms with Gasteiger partial charge in [0.2, 0.25) is 0 Å². The molecule has 21 heavy (non-hydrogen) atoms. The third-order valence-electron chi connectivity index (χ3n) is 4.04. The molecule has 1 aromatic rings. The number of aryl methyl sites for hydroxylation is 1. The molecule has 2 saturated heterocycles. The van der Waals surface area contributed by atoms with Crippen LogP contribution in [0.1, 0.15) is 12.7 Å². The second-order valence-electron chi connectivity index (χ2n) is 6.78. The summed E-state index contributed by atoms with van der Waals surface area (Å²) in [6.07, 6.45) is 2.48. The Bertz CT molecular complexity index is 574. The van der Waals surface area contributed by atoms with Crippen LogP contribution in [0, 0.1) is 0 Å². The van der Waals surface area contributed by atoms with Crippen LogP contribution >= 0.6 is 0 Å². The SMILES string of the molecule is BC(B)(B)N1C(=O)N(c2ccnc(CC)n2)CC12COC2. The summed E-state index contributed by atoms with van der Waals surface area (Å²) < 4.78 is 5.41. The molecule has 0 aromatic carbocycles. The lowest BCUT2D eigenvalue weighted by molar-refractivity contribution is -0.106. The summed E-state index contributed by atoms with van der Waals surface area (Å²) in [5.41, 5.74) is -0.216. The topological polar surface area (TPSA) is 58.6 Å². The summed E-state index contributed by atoms with van der Waals surface area (Å²) in [6.45, 7) is 3.83. The highest BCUT2D eigenvalue weighted by molar-refractivity contribution is 6.60. The quantitative estimate of drug-likeness (QED) is 0.579. The fourth-order valence-electron chi connectivity index (χ4n) is 3.20. The van der Waals surface area contributed by atoms with Gasteiger partial charge in [0.25, 0.3) is 0 Å². The van der Waals surface area contributed by atoms with Gasteiger partial charge in [0, 0.05) is 12.6 Å². The number of rotatable bonds is 3. The molecule has 0 radical (unpaired) electrons. The van der Waals surface area contributed by atoms with E-state index in [9.17, 15) is 4.79 Å². The fraction of sp³-hybridized carbons (Fsp3) is 0.583. The zero-order chi connectivity index (χ0) is 15.3. The van der Waals surface area contributed by atoms with Gasteiger partial charge < -0.3 is 9.64 Å². The molecule has 2 fully saturated rings. The van der Waals surface area contributed by atoms with Crippen LogP contribution < -0.4 is 4.90 Å². The number of anilines is 1. The average Bonchev–Trinajstić information content (AvgIpc) is 2.72. The highest BCUT2D eigenvalue weighted by Gasteiger charge is 2.58. The van der Waals surface area contributed by atoms with Gasteiger partial charge in [0.05, 0.1) is 19.8 Å². The average molecular weight is 284 g/mol. The van der Waals surface area contributed by atoms with Crippen molar-refractivity contribution < 1.29 is 9.53 Å². The molecule has 0 bridgehead atoms. The standard InChI is InChI=1S/C12H19B3N4O2/c1-2-8-16-4-3-9(17-8)18-5-11(6-21-7-11)19(10(18)20)12(13,14)15/h3-4H,2,5-7,13-15H2,1H3. The predicted molar refractivity (Wildman–Crippen MR) is 87.9 cm³/mol. The number of carbonyl (C=O) groups is 1. The third kappa shape index (κ3) is 2.23. The Morgan fingerprint density at radius 2 is 2.14 bits per heavy atom. The van der Waals surface area contributed by atoms with Crippen molar-refractivity contribution in [2.24, 2.45) is 0 Å². The summed E-state index contributed by atoms with van der Waals surface area (Å²) >= 11 is 0. The van der Waals surface area contributed by atoms with Crippen LogP contribution in [0.25, 0.3) is 0 Å². The molecule has 0 N–H and O–H groups in total. The molecule has 2 aliphatic heterocycles. The maximum Gasteiger partial charge on any atom is 0.324 e. The Morgan fingerprint density at radius 1 is 1.43 bits per heavy atom. The first-order chi connectivity index (χ1) is 9.87. The van der Waals surface area contributed by atoms with E-state index in [1.807, 2.05) is 11.8 Å². The van der Waals surface area contributed by atoms with Gasteiger partial charge in [-0.25, -0.2) is 14.8 Å². The molecule has 108 valence electrons. The highest BCUT2D eigenvalue weighted by atomic mass is 16.5. The lowest BCUT2D eigenvalue weighted by Gasteiger charge is -2.50. The van der Waals surface area contributed by atoms with E-state index >= 15 is 0 Å². The lowest BCUT2D eigenvalue weighted by atomic mass is 9.47. The monoisotopic (exact) mass is 284 g/mol. The minimum absolute atomic E-state index is 0.00607. The highest BCUT2D eigenvalue weighted by Crippen LogP contribution is 2.37. The molecule has 3 heterocycles. The third-order valence-corrected chi connectivity index (χ3v) is 4.04. The first-order valence-corrected chi connectivity index (χ1v) is 7.39. The van der Waals surface area contributed by atoms with Crippen molar-refractivity contribution in [3.63, 3.8) is 0 Å². The Hall–Kier alpha value is -1.50. The Balaban J connectivity index is 1.96. The second kappa shape index (κ2) is 4.76. The first-order valence-electron chi connectivity index (χ1n) is 7.39. The van der Waals surface area contributed by atoms with E-state index in [4.69, 9.17) is 4.74 Å². The summed E-state index contributed by atoms with van der Waals surface area (Å²) in [6, 6.07) is 1.81. The minimum atomic E-state index is -0.240. The summed E-state index contributed by atoms with van der Waals surface area (Å²) in [4.78, 5) is 25.3. The van der Waals surface area contributed by atoms with Crippen LogP contribution in [-0.4, -0.2) is 75.0 Å². The Labute approximate surface area is 127 Å². The van der Waals surface area contributed by atoms with E-state index in [2.05, 4.69) is 33.5 Å². The van der Waals surface area contributed by atoms with Gasteiger partial charge in [-0.2, -0.15) is 0 Å². The second-order valence-corrected chi connectivity index (χ2v) is 6.78. The van der Waals surface area contributed by atoms with Crippen molar-refractivity contribution >= 4 is 35.4 Å². The summed E-state index contributed by atoms with van der Waals surface area (Å²) in [5.74, 6) is 1.44. The summed E-state index contributed by atoms with van der Waals surface area (Å²) in [5, 5.41) is -0.240. The van der Waals surface area contributed by atoms with Crippen LogP contribution in [0.4, 0.5) is 10.6 Å². The van der Waals surface area contributed by atoms with E-state index < -0.39 is 0 Å². The molecule has 0 saturated carbocycles. The van der Waals surface area contributed by atoms with E-state index in [1.54, 1.807) is 17.2 Å². The molecule has 0 aliphatic carbocycles. The maximum atomic E-state index is 12.9. The van der Waals surface area contributed by atoms with Crippen LogP contribution in [0.5, 0.6) is 0 Å². The number of nitrogens with zero attached hydrogens (tertiary/aromatic N) is 4. The van der Waals surface area contributed by atoms with Crippen LogP contribution in [0.15, 0.2) is 12.3 Å². The lowest BCUT2D eigenvalue weighted by Crippen LogP contribution is -2.69. The van der Waals surface area contributed by atoms with Crippen LogP contribution in [-0.2, 0) is 11.2 Å². The molecule has 0 unspecified atom stereocenters. The number of hydrogen-bond donors (Lipinski definition) is 0. The Morgan fingerprint density at radius 3 is 2.62 bits per heavy atom. The smallest absolute Gasteiger partial charge is 0.324 e. The Kier molecular flexibility index (Phi) is 3.28. The van der Waals surface area contributed by atoms with Gasteiger partial charge in [-0.15, -0.1) is 0 Å². The normalized spacial score (nSPS) is 20.9. The summed E-state index contributed by atoms with van der Waals surface area (Å²) in [7, 11) is 6.18. The number of aromatic nitrogens is 2. The zero-order valence-corrected chi connectivity index (χ0v) is 13.1. The van der Waals surface area contributed by atoms with Gasteiger partial charge in [0.1, 0.15) is 40.7 Å². The largest absolute Gasteiger partial charge is 0.376 e. The molecule has 6 nitrogen and oxygen atoms in total. The molecule has 0 atom stereocenters. The van der Waals surface area contributed by atoms with Gasteiger partial charge in [-0.3, -0.25) is 4.90 Å². The van der Waals surface area contributed by atoms with Crippen molar-refractivity contribution in [3.05, 3.63) is 18.1 Å². The minimum Gasteiger partial charge on any atom is -0.376 e. The molecule has 9 heteroatoms. The van der Waals surface area contributed by atoms with Crippen LogP contribution in [0.2, 0.25) is 0 Å². The molecular formula is C12H19B3N4O2. The van der Waals surface area contributed by atoms with Gasteiger partial charge in [-0.1, -0.05) is 6.92 Å². The number of hydrogen-bond acceptors (Lipinski definition) is 4. The van der Waals surface area contributed by atoms with Gasteiger partial charge in [-0.05, 0) is 11.3 Å². The molecule has 1 aromatic heterocycles. The van der Waals surface area contributed by atoms with Crippen molar-refractivity contribution in [2.75, 3.05) is 24.7 Å². The molecule has 2 amide bonds. The first kappa shape index (κ1) is 14.4. The number of ether oxygens (including phenoxy) is 1. The molecular weight excluding hydrogens is 265 g/mol. The zero-order valence-electron chi connectivity index (χ0n) is 13.1. The van der Waals surface area contributed by atoms with Crippen molar-refractivity contribution in [2.45, 2.75) is 24.1 Å². The van der Waals surface area contributed by atoms with E-state index in [1.165, 1.54) is 0 Å². The van der Waals surface area contributed by atoms with Crippen molar-refractivity contribution in [3.8, 4) is 0 Å². The maximum absolute atomic E-state index is 12.9. The van der Waals surface area contributed by atoms with Gasteiger partial charge >= 0.3 is 6.03 Å². The van der Waals surface area contributed by atoms with E-state index in [-0.39, 0.29) is 16.8 Å². The van der Waals surface area contributed by atoms with Gasteiger partial charge in [0.15, 0.2) is 0 Å². The number of carbonyl (C=O) groups excluding carboxylic acids is 1. The molecule has 1 spiro atoms. The van der Waals surface area contributed by atoms with Crippen molar-refractivity contribution in [1.29, 1.82) is 0 Å². The van der Waals surface area contributed by atoms with E-state index in [0.29, 0.717) is 25.6 Å². The molecule has 3 rings (SSSR count). The fourth-order valence-corrected chi connectivity index (χ4v) is 3.20. The van der Waals surface area contributed by atoms with Crippen molar-refractivity contribution in [1.82, 2.24) is 14.9 Å². The number of amides is 2.